The monoisotopic (exact) mass is 396 g/mol. The molecule has 6 nitrogen and oxygen atoms in total. The van der Waals surface area contributed by atoms with Gasteiger partial charge in [-0.2, -0.15) is 8.42 Å². The van der Waals surface area contributed by atoms with Crippen molar-refractivity contribution in [1.82, 2.24) is 0 Å². The molecule has 0 radical (unpaired) electrons. The maximum atomic E-state index is 11.1. The lowest BCUT2D eigenvalue weighted by Crippen LogP contribution is -2.47. The zero-order chi connectivity index (χ0) is 19.9. The maximum Gasteiger partial charge on any atom is 0.285 e. The summed E-state index contributed by atoms with van der Waals surface area (Å²) >= 11 is 0. The van der Waals surface area contributed by atoms with E-state index in [1.807, 2.05) is 20.8 Å². The van der Waals surface area contributed by atoms with Crippen molar-refractivity contribution in [2.45, 2.75) is 91.5 Å². The Bertz CT molecular complexity index is 407. The van der Waals surface area contributed by atoms with Crippen LogP contribution in [-0.4, -0.2) is 44.5 Å². The third kappa shape index (κ3) is 11.5. The van der Waals surface area contributed by atoms with Gasteiger partial charge in [-0.3, -0.25) is 4.55 Å². The topological polar surface area (TPSA) is 82.1 Å². The van der Waals surface area contributed by atoms with E-state index in [0.717, 1.165) is 19.3 Å². The molecule has 1 N–H and O–H groups in total. The van der Waals surface area contributed by atoms with Gasteiger partial charge in [0.2, 0.25) is 0 Å². The van der Waals surface area contributed by atoms with Gasteiger partial charge in [0.05, 0.1) is 5.75 Å². The van der Waals surface area contributed by atoms with Crippen LogP contribution < -0.4 is 0 Å². The molecule has 0 aliphatic carbocycles. The van der Waals surface area contributed by atoms with Crippen LogP contribution in [-0.2, 0) is 24.3 Å². The zero-order valence-electron chi connectivity index (χ0n) is 17.2. The highest BCUT2D eigenvalue weighted by molar-refractivity contribution is 7.85. The second kappa shape index (κ2) is 14.8. The van der Waals surface area contributed by atoms with E-state index in [-0.39, 0.29) is 11.7 Å². The summed E-state index contributed by atoms with van der Waals surface area (Å²) in [6.45, 7) is 9.24. The van der Waals surface area contributed by atoms with Crippen molar-refractivity contribution in [2.24, 2.45) is 5.92 Å². The number of unbranched alkanes of at least 4 members (excludes halogenated alkanes) is 5. The largest absolute Gasteiger partial charge is 0.328 e. The van der Waals surface area contributed by atoms with Gasteiger partial charge in [-0.25, -0.2) is 0 Å². The second-order valence-corrected chi connectivity index (χ2v) is 8.16. The normalized spacial score (nSPS) is 13.9. The van der Waals surface area contributed by atoms with Gasteiger partial charge in [0, 0.05) is 25.7 Å². The van der Waals surface area contributed by atoms with Crippen LogP contribution in [0.5, 0.6) is 0 Å². The van der Waals surface area contributed by atoms with Gasteiger partial charge in [0.15, 0.2) is 0 Å². The molecule has 158 valence electrons. The Hall–Kier alpha value is -0.210. The van der Waals surface area contributed by atoms with Crippen molar-refractivity contribution < 1.29 is 27.2 Å². The highest BCUT2D eigenvalue weighted by atomic mass is 32.2. The predicted octanol–water partition coefficient (Wildman–Crippen LogP) is 4.78. The fourth-order valence-electron chi connectivity index (χ4n) is 3.26. The molecule has 0 amide bonds. The van der Waals surface area contributed by atoms with Crippen LogP contribution in [0.25, 0.3) is 0 Å². The smallest absolute Gasteiger partial charge is 0.285 e. The average Bonchev–Trinajstić information content (AvgIpc) is 2.56. The Balaban J connectivity index is 4.96. The Morgan fingerprint density at radius 1 is 0.769 bits per heavy atom. The Morgan fingerprint density at radius 3 is 1.69 bits per heavy atom. The molecular weight excluding hydrogens is 356 g/mol. The maximum absolute atomic E-state index is 11.1. The lowest BCUT2D eigenvalue weighted by molar-refractivity contribution is -0.403. The fourth-order valence-corrected chi connectivity index (χ4v) is 3.79. The minimum absolute atomic E-state index is 0.0738. The average molecular weight is 397 g/mol. The van der Waals surface area contributed by atoms with Gasteiger partial charge in [-0.1, -0.05) is 45.4 Å². The molecule has 0 aliphatic heterocycles. The minimum atomic E-state index is -3.96. The van der Waals surface area contributed by atoms with Gasteiger partial charge in [-0.15, -0.1) is 0 Å². The van der Waals surface area contributed by atoms with Crippen LogP contribution in [0.1, 0.15) is 85.5 Å². The molecule has 1 unspecified atom stereocenters. The second-order valence-electron chi connectivity index (χ2n) is 6.58. The van der Waals surface area contributed by atoms with E-state index >= 15 is 0 Å². The Morgan fingerprint density at radius 2 is 1.23 bits per heavy atom. The van der Waals surface area contributed by atoms with Crippen molar-refractivity contribution in [3.05, 3.63) is 0 Å². The SMILES string of the molecule is CCCCCCCCC(CCCS(=O)(=O)O)C(OCC)(OCC)OCC. The van der Waals surface area contributed by atoms with E-state index in [4.69, 9.17) is 18.8 Å². The van der Waals surface area contributed by atoms with Gasteiger partial charge >= 0.3 is 0 Å². The van der Waals surface area contributed by atoms with E-state index in [9.17, 15) is 8.42 Å². The van der Waals surface area contributed by atoms with E-state index in [0.29, 0.717) is 32.7 Å². The van der Waals surface area contributed by atoms with E-state index in [1.54, 1.807) is 0 Å². The van der Waals surface area contributed by atoms with Gasteiger partial charge < -0.3 is 14.2 Å². The molecular formula is C19H40O6S. The Kier molecular flexibility index (Phi) is 14.7. The van der Waals surface area contributed by atoms with E-state index in [1.165, 1.54) is 25.7 Å². The first-order valence-electron chi connectivity index (χ1n) is 10.2. The molecule has 0 fully saturated rings. The highest BCUT2D eigenvalue weighted by Crippen LogP contribution is 2.34. The quantitative estimate of drug-likeness (QED) is 0.204. The van der Waals surface area contributed by atoms with Crippen LogP contribution in [0.4, 0.5) is 0 Å². The number of hydrogen-bond acceptors (Lipinski definition) is 5. The summed E-state index contributed by atoms with van der Waals surface area (Å²) in [5.41, 5.74) is 0. The van der Waals surface area contributed by atoms with Crippen molar-refractivity contribution in [3.8, 4) is 0 Å². The first-order valence-corrected chi connectivity index (χ1v) is 11.8. The van der Waals surface area contributed by atoms with Gasteiger partial charge in [0.1, 0.15) is 0 Å². The first kappa shape index (κ1) is 25.8. The van der Waals surface area contributed by atoms with Crippen LogP contribution in [0.2, 0.25) is 0 Å². The van der Waals surface area contributed by atoms with Crippen molar-refractivity contribution in [3.63, 3.8) is 0 Å². The molecule has 7 heteroatoms. The number of ether oxygens (including phenoxy) is 3. The third-order valence-electron chi connectivity index (χ3n) is 4.40. The molecule has 0 spiro atoms. The zero-order valence-corrected chi connectivity index (χ0v) is 18.0. The summed E-state index contributed by atoms with van der Waals surface area (Å²) < 4.78 is 48.8. The van der Waals surface area contributed by atoms with Crippen molar-refractivity contribution in [1.29, 1.82) is 0 Å². The molecule has 1 atom stereocenters. The summed E-state index contributed by atoms with van der Waals surface area (Å²) in [6.07, 6.45) is 8.86. The molecule has 0 saturated heterocycles. The van der Waals surface area contributed by atoms with Crippen molar-refractivity contribution >= 4 is 10.1 Å². The molecule has 0 aromatic heterocycles. The summed E-state index contributed by atoms with van der Waals surface area (Å²) in [6, 6.07) is 0. The van der Waals surface area contributed by atoms with Crippen LogP contribution in [0.3, 0.4) is 0 Å². The summed E-state index contributed by atoms with van der Waals surface area (Å²) in [5, 5.41) is 0. The van der Waals surface area contributed by atoms with Crippen molar-refractivity contribution in [2.75, 3.05) is 25.6 Å². The molecule has 0 saturated carbocycles. The molecule has 26 heavy (non-hydrogen) atoms. The predicted molar refractivity (Wildman–Crippen MR) is 105 cm³/mol. The van der Waals surface area contributed by atoms with Crippen LogP contribution >= 0.6 is 0 Å². The first-order chi connectivity index (χ1) is 12.3. The highest BCUT2D eigenvalue weighted by Gasteiger charge is 2.41. The number of hydrogen-bond donors (Lipinski definition) is 1. The lowest BCUT2D eigenvalue weighted by Gasteiger charge is -2.39. The minimum Gasteiger partial charge on any atom is -0.328 e. The van der Waals surface area contributed by atoms with Gasteiger partial charge in [-0.05, 0) is 40.0 Å². The molecule has 0 aliphatic rings. The van der Waals surface area contributed by atoms with Gasteiger partial charge in [0.25, 0.3) is 16.1 Å². The lowest BCUT2D eigenvalue weighted by atomic mass is 9.93. The molecule has 0 rings (SSSR count). The third-order valence-corrected chi connectivity index (χ3v) is 5.20. The number of rotatable bonds is 18. The fraction of sp³-hybridized carbons (Fsp3) is 1.00. The van der Waals surface area contributed by atoms with Crippen LogP contribution in [0.15, 0.2) is 0 Å². The van der Waals surface area contributed by atoms with E-state index in [2.05, 4.69) is 6.92 Å². The summed E-state index contributed by atoms with van der Waals surface area (Å²) in [4.78, 5) is 0. The van der Waals surface area contributed by atoms with E-state index < -0.39 is 16.1 Å². The Labute approximate surface area is 160 Å². The molecule has 0 aromatic rings. The molecule has 0 bridgehead atoms. The summed E-state index contributed by atoms with van der Waals surface area (Å²) in [5.74, 6) is -1.46. The molecule has 0 aromatic carbocycles. The van der Waals surface area contributed by atoms with Crippen LogP contribution in [0, 0.1) is 5.92 Å². The summed E-state index contributed by atoms with van der Waals surface area (Å²) in [7, 11) is -3.96. The molecule has 0 heterocycles. The standard InChI is InChI=1S/C19H40O6S/c1-5-9-10-11-12-13-15-18(16-14-17-26(20,21)22)19(23-6-2,24-7-3)25-8-4/h18H,5-17H2,1-4H3,(H,20,21,22).